The maximum atomic E-state index is 13.8. The summed E-state index contributed by atoms with van der Waals surface area (Å²) in [5, 5.41) is 2.50. The first kappa shape index (κ1) is 15.4. The largest absolute Gasteiger partial charge is 0.330 e. The van der Waals surface area contributed by atoms with E-state index in [0.29, 0.717) is 5.57 Å². The van der Waals surface area contributed by atoms with Crippen LogP contribution in [0.1, 0.15) is 5.56 Å². The van der Waals surface area contributed by atoms with Crippen LogP contribution in [0.2, 0.25) is 0 Å². The van der Waals surface area contributed by atoms with Crippen molar-refractivity contribution in [2.75, 3.05) is 17.6 Å². The van der Waals surface area contributed by atoms with Crippen LogP contribution in [0.4, 0.5) is 10.1 Å². The number of rotatable bonds is 2. The van der Waals surface area contributed by atoms with Crippen LogP contribution < -0.4 is 5.32 Å². The molecule has 0 bridgehead atoms. The second-order valence-corrected chi connectivity index (χ2v) is 7.04. The van der Waals surface area contributed by atoms with Gasteiger partial charge in [0.2, 0.25) is 0 Å². The molecule has 8 heteroatoms. The van der Waals surface area contributed by atoms with E-state index in [4.69, 9.17) is 0 Å². The number of hydrogen-bond acceptors (Lipinski definition) is 4. The Morgan fingerprint density at radius 1 is 1.35 bits per heavy atom. The zero-order valence-electron chi connectivity index (χ0n) is 12.3. The Kier molecular flexibility index (Phi) is 3.77. The molecule has 0 aliphatic carbocycles. The summed E-state index contributed by atoms with van der Waals surface area (Å²) >= 11 is 0. The minimum Gasteiger partial charge on any atom is -0.330 e. The van der Waals surface area contributed by atoms with Gasteiger partial charge in [-0.1, -0.05) is 6.07 Å². The third-order valence-corrected chi connectivity index (χ3v) is 4.62. The van der Waals surface area contributed by atoms with Gasteiger partial charge in [-0.25, -0.2) is 12.8 Å². The number of halogens is 1. The van der Waals surface area contributed by atoms with Crippen molar-refractivity contribution in [3.05, 3.63) is 53.5 Å². The summed E-state index contributed by atoms with van der Waals surface area (Å²) in [7, 11) is -3.43. The van der Waals surface area contributed by atoms with Gasteiger partial charge in [-0.05, 0) is 36.8 Å². The van der Waals surface area contributed by atoms with E-state index in [1.54, 1.807) is 17.9 Å². The van der Waals surface area contributed by atoms with E-state index in [0.717, 1.165) is 5.56 Å². The highest BCUT2D eigenvalue weighted by Gasteiger charge is 2.25. The molecule has 2 aliphatic rings. The van der Waals surface area contributed by atoms with E-state index in [9.17, 15) is 17.6 Å². The summed E-state index contributed by atoms with van der Waals surface area (Å²) in [6.07, 6.45) is 4.42. The van der Waals surface area contributed by atoms with Crippen LogP contribution in [-0.4, -0.2) is 37.4 Å². The molecule has 0 aromatic heterocycles. The van der Waals surface area contributed by atoms with Crippen LogP contribution in [0, 0.1) is 12.7 Å². The monoisotopic (exact) mass is 335 g/mol. The smallest absolute Gasteiger partial charge is 0.257 e. The van der Waals surface area contributed by atoms with Gasteiger partial charge in [-0.3, -0.25) is 4.79 Å². The molecule has 6 nitrogen and oxygen atoms in total. The van der Waals surface area contributed by atoms with Crippen LogP contribution in [0.5, 0.6) is 0 Å². The lowest BCUT2D eigenvalue weighted by Crippen LogP contribution is -2.37. The minimum atomic E-state index is -3.43. The summed E-state index contributed by atoms with van der Waals surface area (Å²) in [6, 6.07) is 4.53. The number of hydrogen-bond donors (Lipinski definition) is 1. The highest BCUT2D eigenvalue weighted by atomic mass is 32.2. The lowest BCUT2D eigenvalue weighted by atomic mass is 10.1. The lowest BCUT2D eigenvalue weighted by molar-refractivity contribution is -0.112. The first-order chi connectivity index (χ1) is 10.8. The van der Waals surface area contributed by atoms with E-state index in [1.807, 2.05) is 0 Å². The minimum absolute atomic E-state index is 0.0931. The Morgan fingerprint density at radius 2 is 2.13 bits per heavy atom. The number of amidine groups is 1. The van der Waals surface area contributed by atoms with Crippen molar-refractivity contribution in [2.45, 2.75) is 6.92 Å². The molecule has 0 radical (unpaired) electrons. The van der Waals surface area contributed by atoms with Crippen molar-refractivity contribution in [2.24, 2.45) is 4.40 Å². The molecule has 0 atom stereocenters. The molecule has 0 fully saturated rings. The molecule has 2 aliphatic heterocycles. The zero-order chi connectivity index (χ0) is 16.6. The third-order valence-electron chi connectivity index (χ3n) is 3.46. The molecule has 3 rings (SSSR count). The van der Waals surface area contributed by atoms with E-state index in [1.165, 1.54) is 30.5 Å². The third kappa shape index (κ3) is 3.31. The number of amides is 1. The van der Waals surface area contributed by atoms with Gasteiger partial charge in [0.25, 0.3) is 15.9 Å². The van der Waals surface area contributed by atoms with Crippen LogP contribution in [0.3, 0.4) is 0 Å². The number of carbonyl (C=O) groups excluding carboxylic acids is 1. The van der Waals surface area contributed by atoms with Crippen LogP contribution in [0.25, 0.3) is 0 Å². The Morgan fingerprint density at radius 3 is 2.87 bits per heavy atom. The predicted molar refractivity (Wildman–Crippen MR) is 84.9 cm³/mol. The molecule has 2 heterocycles. The van der Waals surface area contributed by atoms with Gasteiger partial charge in [0.05, 0.1) is 17.0 Å². The van der Waals surface area contributed by atoms with Gasteiger partial charge < -0.3 is 10.2 Å². The van der Waals surface area contributed by atoms with Crippen LogP contribution in [-0.2, 0) is 14.8 Å². The molecule has 120 valence electrons. The van der Waals surface area contributed by atoms with Gasteiger partial charge in [0, 0.05) is 12.7 Å². The maximum Gasteiger partial charge on any atom is 0.257 e. The number of carbonyl (C=O) groups is 1. The van der Waals surface area contributed by atoms with Gasteiger partial charge in [0.15, 0.2) is 0 Å². The van der Waals surface area contributed by atoms with Crippen molar-refractivity contribution < 1.29 is 17.6 Å². The summed E-state index contributed by atoms with van der Waals surface area (Å²) in [6.45, 7) is 1.98. The highest BCUT2D eigenvalue weighted by Crippen LogP contribution is 2.19. The van der Waals surface area contributed by atoms with Gasteiger partial charge in [-0.2, -0.15) is 0 Å². The summed E-state index contributed by atoms with van der Waals surface area (Å²) < 4.78 is 40.3. The zero-order valence-corrected chi connectivity index (χ0v) is 13.1. The Hall–Kier alpha value is -2.48. The van der Waals surface area contributed by atoms with Crippen molar-refractivity contribution in [3.63, 3.8) is 0 Å². The van der Waals surface area contributed by atoms with Gasteiger partial charge in [0.1, 0.15) is 11.7 Å². The molecule has 1 amide bonds. The maximum absolute atomic E-state index is 13.8. The average Bonchev–Trinajstić information content (AvgIpc) is 2.48. The molecule has 23 heavy (non-hydrogen) atoms. The number of fused-ring (bicyclic) bond motifs is 1. The molecule has 0 spiro atoms. The fourth-order valence-electron chi connectivity index (χ4n) is 2.25. The molecule has 0 saturated carbocycles. The van der Waals surface area contributed by atoms with Crippen LogP contribution in [0.15, 0.2) is 46.5 Å². The fraction of sp³-hybridized carbons (Fsp3) is 0.200. The number of nitrogens with zero attached hydrogens (tertiary/aromatic N) is 2. The standard InChI is InChI=1S/C15H14FN3O3S/c1-10-2-4-13(12(16)8-10)17-15(20)11-3-5-14-18-23(21,22)7-6-19(14)9-11/h2-5,8-9H,6-7H2,1H3,(H,17,20). The Balaban J connectivity index is 1.80. The molecular formula is C15H14FN3O3S. The number of sulfonamides is 1. The first-order valence-electron chi connectivity index (χ1n) is 6.91. The highest BCUT2D eigenvalue weighted by molar-refractivity contribution is 7.90. The summed E-state index contributed by atoms with van der Waals surface area (Å²) in [5.41, 5.74) is 1.14. The topological polar surface area (TPSA) is 78.8 Å². The summed E-state index contributed by atoms with van der Waals surface area (Å²) in [5.74, 6) is -0.821. The van der Waals surface area contributed by atoms with Crippen molar-refractivity contribution >= 4 is 27.5 Å². The van der Waals surface area contributed by atoms with Gasteiger partial charge in [-0.15, -0.1) is 4.40 Å². The van der Waals surface area contributed by atoms with E-state index >= 15 is 0 Å². The molecule has 1 aromatic carbocycles. The van der Waals surface area contributed by atoms with Crippen molar-refractivity contribution in [1.29, 1.82) is 0 Å². The fourth-order valence-corrected chi connectivity index (χ4v) is 3.22. The molecular weight excluding hydrogens is 321 g/mol. The second-order valence-electron chi connectivity index (χ2n) is 5.28. The normalized spacial score (nSPS) is 18.8. The molecule has 1 aromatic rings. The van der Waals surface area contributed by atoms with Crippen LogP contribution >= 0.6 is 0 Å². The number of anilines is 1. The first-order valence-corrected chi connectivity index (χ1v) is 8.52. The van der Waals surface area contributed by atoms with Crippen molar-refractivity contribution in [3.8, 4) is 0 Å². The number of nitrogens with one attached hydrogen (secondary N) is 1. The van der Waals surface area contributed by atoms with E-state index in [2.05, 4.69) is 9.71 Å². The van der Waals surface area contributed by atoms with E-state index < -0.39 is 21.7 Å². The number of benzene rings is 1. The number of aryl methyl sites for hydroxylation is 1. The average molecular weight is 335 g/mol. The lowest BCUT2D eigenvalue weighted by Gasteiger charge is -2.26. The Bertz CT molecular complexity index is 872. The Labute approximate surface area is 133 Å². The quantitative estimate of drug-likeness (QED) is 0.890. The molecule has 0 unspecified atom stereocenters. The van der Waals surface area contributed by atoms with Gasteiger partial charge >= 0.3 is 0 Å². The summed E-state index contributed by atoms with van der Waals surface area (Å²) in [4.78, 5) is 13.8. The van der Waals surface area contributed by atoms with E-state index in [-0.39, 0.29) is 23.8 Å². The second kappa shape index (κ2) is 5.62. The predicted octanol–water partition coefficient (Wildman–Crippen LogP) is 1.57. The molecule has 1 N–H and O–H groups in total. The SMILES string of the molecule is Cc1ccc(NC(=O)C2=CN3CCS(=O)(=O)N=C3C=C2)c(F)c1. The molecule has 0 saturated heterocycles. The van der Waals surface area contributed by atoms with Crippen molar-refractivity contribution in [1.82, 2.24) is 4.90 Å².